The van der Waals surface area contributed by atoms with Crippen molar-refractivity contribution >= 4 is 5.82 Å². The zero-order chi connectivity index (χ0) is 6.69. The van der Waals surface area contributed by atoms with E-state index < -0.39 is 0 Å². The molecule has 0 amide bonds. The Morgan fingerprint density at radius 1 is 1.30 bits per heavy atom. The van der Waals surface area contributed by atoms with Crippen LogP contribution >= 0.6 is 0 Å². The molecule has 0 saturated carbocycles. The van der Waals surface area contributed by atoms with Crippen molar-refractivity contribution in [2.45, 2.75) is 0 Å². The standard InChI is InChI=1S/C7H10N2.Cu/c1-9(2)7-5-3-4-6-8-7;/h3-6H,1-2H3;. The summed E-state index contributed by atoms with van der Waals surface area (Å²) in [5.41, 5.74) is 0. The van der Waals surface area contributed by atoms with Crippen molar-refractivity contribution in [1.82, 2.24) is 4.98 Å². The Bertz CT molecular complexity index is 174. The number of nitrogens with zero attached hydrogens (tertiary/aromatic N) is 2. The van der Waals surface area contributed by atoms with E-state index >= 15 is 0 Å². The molecular formula is C7H10CuN2. The summed E-state index contributed by atoms with van der Waals surface area (Å²) < 4.78 is 0. The molecule has 0 aliphatic rings. The molecule has 0 bridgehead atoms. The van der Waals surface area contributed by atoms with Crippen molar-refractivity contribution < 1.29 is 17.1 Å². The van der Waals surface area contributed by atoms with Crippen LogP contribution in [-0.2, 0) is 17.1 Å². The molecule has 1 heterocycles. The molecule has 0 aliphatic heterocycles. The molecule has 0 N–H and O–H groups in total. The second kappa shape index (κ2) is 4.31. The van der Waals surface area contributed by atoms with Crippen molar-refractivity contribution in [2.75, 3.05) is 19.0 Å². The van der Waals surface area contributed by atoms with Crippen LogP contribution in [0.1, 0.15) is 0 Å². The third-order valence-corrected chi connectivity index (χ3v) is 1.11. The fourth-order valence-corrected chi connectivity index (χ4v) is 0.618. The van der Waals surface area contributed by atoms with Crippen LogP contribution in [0.3, 0.4) is 0 Å². The van der Waals surface area contributed by atoms with Gasteiger partial charge in [-0.15, -0.1) is 0 Å². The Morgan fingerprint density at radius 3 is 2.30 bits per heavy atom. The smallest absolute Gasteiger partial charge is 0.127 e. The van der Waals surface area contributed by atoms with Gasteiger partial charge in [-0.05, 0) is 12.1 Å². The number of rotatable bonds is 1. The summed E-state index contributed by atoms with van der Waals surface area (Å²) in [6.45, 7) is 0. The summed E-state index contributed by atoms with van der Waals surface area (Å²) in [4.78, 5) is 6.08. The number of pyridine rings is 1. The van der Waals surface area contributed by atoms with E-state index in [9.17, 15) is 0 Å². The summed E-state index contributed by atoms with van der Waals surface area (Å²) in [7, 11) is 3.95. The molecule has 0 saturated heterocycles. The maximum absolute atomic E-state index is 4.10. The quantitative estimate of drug-likeness (QED) is 0.611. The van der Waals surface area contributed by atoms with Gasteiger partial charge >= 0.3 is 0 Å². The summed E-state index contributed by atoms with van der Waals surface area (Å²) in [6.07, 6.45) is 1.79. The zero-order valence-corrected chi connectivity index (χ0v) is 6.95. The van der Waals surface area contributed by atoms with Gasteiger partial charge in [-0.3, -0.25) is 0 Å². The normalized spacial score (nSPS) is 8.20. The van der Waals surface area contributed by atoms with Gasteiger partial charge in [0, 0.05) is 37.4 Å². The van der Waals surface area contributed by atoms with Crippen LogP contribution in [0.2, 0.25) is 0 Å². The molecule has 2 nitrogen and oxygen atoms in total. The molecule has 1 aromatic heterocycles. The molecule has 59 valence electrons. The van der Waals surface area contributed by atoms with E-state index in [1.54, 1.807) is 6.20 Å². The van der Waals surface area contributed by atoms with Crippen LogP contribution < -0.4 is 4.90 Å². The molecule has 1 radical (unpaired) electrons. The van der Waals surface area contributed by atoms with Gasteiger partial charge in [-0.2, -0.15) is 0 Å². The van der Waals surface area contributed by atoms with Crippen LogP contribution in [0.25, 0.3) is 0 Å². The largest absolute Gasteiger partial charge is 0.363 e. The minimum atomic E-state index is 0. The topological polar surface area (TPSA) is 16.1 Å². The van der Waals surface area contributed by atoms with Crippen LogP contribution in [0.4, 0.5) is 5.82 Å². The van der Waals surface area contributed by atoms with Gasteiger partial charge in [0.2, 0.25) is 0 Å². The molecule has 0 unspecified atom stereocenters. The van der Waals surface area contributed by atoms with Crippen LogP contribution in [0.5, 0.6) is 0 Å². The minimum Gasteiger partial charge on any atom is -0.363 e. The van der Waals surface area contributed by atoms with Gasteiger partial charge < -0.3 is 4.90 Å². The minimum absolute atomic E-state index is 0. The summed E-state index contributed by atoms with van der Waals surface area (Å²) in [5.74, 6) is 0.998. The molecule has 0 atom stereocenters. The van der Waals surface area contributed by atoms with Crippen LogP contribution in [0, 0.1) is 0 Å². The maximum Gasteiger partial charge on any atom is 0.127 e. The average molecular weight is 186 g/mol. The Hall–Kier alpha value is -0.531. The molecule has 1 aromatic rings. The van der Waals surface area contributed by atoms with Gasteiger partial charge in [-0.1, -0.05) is 6.07 Å². The van der Waals surface area contributed by atoms with E-state index in [1.807, 2.05) is 37.2 Å². The first-order chi connectivity index (χ1) is 4.30. The van der Waals surface area contributed by atoms with Gasteiger partial charge in [0.1, 0.15) is 5.82 Å². The SMILES string of the molecule is CN(C)c1ccccn1.[Cu]. The molecule has 3 heteroatoms. The van der Waals surface area contributed by atoms with Crippen molar-refractivity contribution in [3.63, 3.8) is 0 Å². The first kappa shape index (κ1) is 9.47. The Labute approximate surface area is 71.7 Å². The van der Waals surface area contributed by atoms with Gasteiger partial charge in [0.05, 0.1) is 0 Å². The fraction of sp³-hybridized carbons (Fsp3) is 0.286. The summed E-state index contributed by atoms with van der Waals surface area (Å²) in [6, 6.07) is 5.86. The Morgan fingerprint density at radius 2 is 2.00 bits per heavy atom. The zero-order valence-electron chi connectivity index (χ0n) is 6.01. The van der Waals surface area contributed by atoms with E-state index in [1.165, 1.54) is 0 Å². The van der Waals surface area contributed by atoms with Crippen molar-refractivity contribution in [3.05, 3.63) is 24.4 Å². The third kappa shape index (κ3) is 2.38. The molecule has 1 rings (SSSR count). The average Bonchev–Trinajstić information content (AvgIpc) is 1.90. The van der Waals surface area contributed by atoms with E-state index in [0.717, 1.165) is 5.82 Å². The molecule has 0 aliphatic carbocycles. The molecular weight excluding hydrogens is 176 g/mol. The van der Waals surface area contributed by atoms with E-state index in [2.05, 4.69) is 4.98 Å². The van der Waals surface area contributed by atoms with E-state index in [4.69, 9.17) is 0 Å². The summed E-state index contributed by atoms with van der Waals surface area (Å²) in [5, 5.41) is 0. The van der Waals surface area contributed by atoms with Crippen LogP contribution in [-0.4, -0.2) is 19.1 Å². The first-order valence-corrected chi connectivity index (χ1v) is 2.89. The predicted octanol–water partition coefficient (Wildman–Crippen LogP) is 1.15. The molecule has 0 aromatic carbocycles. The first-order valence-electron chi connectivity index (χ1n) is 2.89. The number of aromatic nitrogens is 1. The number of hydrogen-bond donors (Lipinski definition) is 0. The number of anilines is 1. The fourth-order valence-electron chi connectivity index (χ4n) is 0.618. The Balaban J connectivity index is 0.000000810. The third-order valence-electron chi connectivity index (χ3n) is 1.11. The molecule has 0 fully saturated rings. The van der Waals surface area contributed by atoms with Gasteiger partial charge in [0.15, 0.2) is 0 Å². The predicted molar refractivity (Wildman–Crippen MR) is 38.6 cm³/mol. The van der Waals surface area contributed by atoms with Crippen molar-refractivity contribution in [2.24, 2.45) is 0 Å². The maximum atomic E-state index is 4.10. The molecule has 10 heavy (non-hydrogen) atoms. The van der Waals surface area contributed by atoms with E-state index in [-0.39, 0.29) is 17.1 Å². The van der Waals surface area contributed by atoms with E-state index in [0.29, 0.717) is 0 Å². The van der Waals surface area contributed by atoms with Crippen molar-refractivity contribution in [1.29, 1.82) is 0 Å². The second-order valence-corrected chi connectivity index (χ2v) is 2.08. The van der Waals surface area contributed by atoms with Gasteiger partial charge in [0.25, 0.3) is 0 Å². The monoisotopic (exact) mass is 185 g/mol. The summed E-state index contributed by atoms with van der Waals surface area (Å²) >= 11 is 0. The van der Waals surface area contributed by atoms with Gasteiger partial charge in [-0.25, -0.2) is 4.98 Å². The molecule has 0 spiro atoms. The van der Waals surface area contributed by atoms with Crippen LogP contribution in [0.15, 0.2) is 24.4 Å². The second-order valence-electron chi connectivity index (χ2n) is 2.08. The number of hydrogen-bond acceptors (Lipinski definition) is 2. The Kier molecular flexibility index (Phi) is 4.08. The van der Waals surface area contributed by atoms with Crippen molar-refractivity contribution in [3.8, 4) is 0 Å².